The Bertz CT molecular complexity index is 1410. The van der Waals surface area contributed by atoms with Crippen LogP contribution in [0.1, 0.15) is 38.2 Å². The number of allylic oxidation sites excluding steroid dienone is 1. The second-order valence-corrected chi connectivity index (χ2v) is 9.93. The molecule has 3 aromatic rings. The van der Waals surface area contributed by atoms with Crippen LogP contribution in [0, 0.1) is 13.8 Å². The van der Waals surface area contributed by atoms with Crippen LogP contribution in [-0.2, 0) is 13.1 Å². The average Bonchev–Trinajstić information content (AvgIpc) is 3.48. The molecular weight excluding hydrogens is 468 g/mol. The monoisotopic (exact) mass is 498 g/mol. The fourth-order valence-corrected chi connectivity index (χ4v) is 5.25. The number of aromatic hydroxyl groups is 1. The van der Waals surface area contributed by atoms with E-state index in [0.29, 0.717) is 29.2 Å². The number of fused-ring (bicyclic) bond motifs is 2. The van der Waals surface area contributed by atoms with Crippen molar-refractivity contribution in [3.05, 3.63) is 87.7 Å². The maximum atomic E-state index is 13.3. The molecule has 1 N–H and O–H groups in total. The number of benzene rings is 3. The lowest BCUT2D eigenvalue weighted by Crippen LogP contribution is -2.45. The summed E-state index contributed by atoms with van der Waals surface area (Å²) in [6, 6.07) is 15.7. The van der Waals surface area contributed by atoms with Gasteiger partial charge in [-0.05, 0) is 60.4 Å². The predicted octanol–water partition coefficient (Wildman–Crippen LogP) is 4.67. The van der Waals surface area contributed by atoms with Gasteiger partial charge in [0.2, 0.25) is 12.6 Å². The van der Waals surface area contributed by atoms with Crippen LogP contribution in [0.15, 0.2) is 54.3 Å². The van der Waals surface area contributed by atoms with Gasteiger partial charge in [0.25, 0.3) is 0 Å². The summed E-state index contributed by atoms with van der Waals surface area (Å²) >= 11 is 0. The number of carbonyl (C=O) groups excluding carboxylic acids is 1. The quantitative estimate of drug-likeness (QED) is 0.513. The summed E-state index contributed by atoms with van der Waals surface area (Å²) in [6.45, 7) is 9.02. The van der Waals surface area contributed by atoms with Crippen LogP contribution in [0.5, 0.6) is 23.0 Å². The maximum Gasteiger partial charge on any atom is 0.232 e. The van der Waals surface area contributed by atoms with Crippen LogP contribution >= 0.6 is 0 Å². The number of ketones is 1. The van der Waals surface area contributed by atoms with E-state index < -0.39 is 0 Å². The van der Waals surface area contributed by atoms with Gasteiger partial charge < -0.3 is 19.3 Å². The zero-order valence-corrected chi connectivity index (χ0v) is 21.1. The van der Waals surface area contributed by atoms with Crippen molar-refractivity contribution in [2.45, 2.75) is 26.9 Å². The van der Waals surface area contributed by atoms with Gasteiger partial charge >= 0.3 is 0 Å². The first-order valence-electron chi connectivity index (χ1n) is 12.6. The minimum Gasteiger partial charge on any atom is -0.507 e. The van der Waals surface area contributed by atoms with Crippen molar-refractivity contribution in [2.24, 2.45) is 0 Å². The second kappa shape index (κ2) is 9.57. The number of nitrogens with zero attached hydrogens (tertiary/aromatic N) is 2. The first-order chi connectivity index (χ1) is 18.0. The maximum absolute atomic E-state index is 13.3. The molecule has 7 nitrogen and oxygen atoms in total. The fraction of sp³-hybridized carbons (Fsp3) is 0.300. The Balaban J connectivity index is 1.16. The minimum atomic E-state index is -0.134. The van der Waals surface area contributed by atoms with Crippen molar-refractivity contribution >= 4 is 11.9 Å². The number of Topliss-reactive ketones (excluding diaryl/α,β-unsaturated/α-hetero) is 1. The number of aryl methyl sites for hydroxylation is 2. The zero-order chi connectivity index (χ0) is 25.5. The van der Waals surface area contributed by atoms with Crippen LogP contribution in [0.4, 0.5) is 0 Å². The third-order valence-corrected chi connectivity index (χ3v) is 7.39. The Hall–Kier alpha value is -3.81. The number of piperazine rings is 1. The number of carbonyl (C=O) groups is 1. The van der Waals surface area contributed by atoms with E-state index in [0.717, 1.165) is 60.9 Å². The van der Waals surface area contributed by atoms with Crippen molar-refractivity contribution in [3.63, 3.8) is 0 Å². The van der Waals surface area contributed by atoms with Crippen LogP contribution < -0.4 is 14.2 Å². The molecule has 0 aliphatic carbocycles. The Kier molecular flexibility index (Phi) is 6.10. The largest absolute Gasteiger partial charge is 0.507 e. The molecule has 3 aliphatic rings. The van der Waals surface area contributed by atoms with Crippen LogP contribution in [-0.4, -0.2) is 53.7 Å². The van der Waals surface area contributed by atoms with Gasteiger partial charge in [0, 0.05) is 39.3 Å². The molecule has 0 aromatic heterocycles. The van der Waals surface area contributed by atoms with Crippen molar-refractivity contribution in [1.82, 2.24) is 9.80 Å². The Morgan fingerprint density at radius 3 is 2.41 bits per heavy atom. The highest BCUT2D eigenvalue weighted by molar-refractivity contribution is 6.16. The standard InChI is InChI=1S/C30H30N2O5/c1-19-5-3-4-6-22(19)15-27-29(34)28-20(2)13-24(33)23(30(28)37-27)17-32-11-9-31(10-12-32)16-21-7-8-25-26(14-21)36-18-35-25/h3-8,13-15,33H,9-12,16-18H2,1-2H3/b27-15-. The number of phenols is 1. The molecule has 6 rings (SSSR count). The van der Waals surface area contributed by atoms with Crippen molar-refractivity contribution in [2.75, 3.05) is 33.0 Å². The molecule has 3 aliphatic heterocycles. The van der Waals surface area contributed by atoms with Crippen LogP contribution in [0.25, 0.3) is 6.08 Å². The molecule has 190 valence electrons. The van der Waals surface area contributed by atoms with Crippen molar-refractivity contribution < 1.29 is 24.1 Å². The lowest BCUT2D eigenvalue weighted by molar-refractivity contribution is 0.101. The summed E-state index contributed by atoms with van der Waals surface area (Å²) in [5.41, 5.74) is 5.16. The van der Waals surface area contributed by atoms with E-state index in [2.05, 4.69) is 21.9 Å². The van der Waals surface area contributed by atoms with Gasteiger partial charge in [-0.25, -0.2) is 0 Å². The first kappa shape index (κ1) is 23.6. The molecule has 0 unspecified atom stereocenters. The SMILES string of the molecule is Cc1ccccc1/C=C1\Oc2c(CN3CCN(Cc4ccc5c(c4)OCO5)CC3)c(O)cc(C)c2C1=O. The summed E-state index contributed by atoms with van der Waals surface area (Å²) in [4.78, 5) is 18.0. The minimum absolute atomic E-state index is 0.134. The topological polar surface area (TPSA) is 71.5 Å². The molecule has 0 spiro atoms. The fourth-order valence-electron chi connectivity index (χ4n) is 5.25. The van der Waals surface area contributed by atoms with E-state index in [9.17, 15) is 9.90 Å². The molecule has 3 heterocycles. The number of hydrogen-bond acceptors (Lipinski definition) is 7. The Labute approximate surface area is 216 Å². The summed E-state index contributed by atoms with van der Waals surface area (Å²) in [7, 11) is 0. The summed E-state index contributed by atoms with van der Waals surface area (Å²) in [5, 5.41) is 10.8. The molecule has 0 bridgehead atoms. The molecule has 7 heteroatoms. The first-order valence-corrected chi connectivity index (χ1v) is 12.6. The van der Waals surface area contributed by atoms with Gasteiger partial charge in [0.05, 0.1) is 11.1 Å². The van der Waals surface area contributed by atoms with E-state index in [1.165, 1.54) is 5.56 Å². The zero-order valence-electron chi connectivity index (χ0n) is 21.1. The lowest BCUT2D eigenvalue weighted by Gasteiger charge is -2.35. The van der Waals surface area contributed by atoms with Crippen LogP contribution in [0.3, 0.4) is 0 Å². The normalized spacial score (nSPS) is 18.3. The molecular formula is C30H30N2O5. The van der Waals surface area contributed by atoms with E-state index in [1.54, 1.807) is 12.1 Å². The molecule has 1 saturated heterocycles. The smallest absolute Gasteiger partial charge is 0.232 e. The van der Waals surface area contributed by atoms with Crippen molar-refractivity contribution in [3.8, 4) is 23.0 Å². The molecule has 0 radical (unpaired) electrons. The average molecular weight is 499 g/mol. The molecule has 37 heavy (non-hydrogen) atoms. The van der Waals surface area contributed by atoms with Gasteiger partial charge in [-0.3, -0.25) is 14.6 Å². The molecule has 3 aromatic carbocycles. The van der Waals surface area contributed by atoms with E-state index in [1.807, 2.05) is 44.2 Å². The van der Waals surface area contributed by atoms with Gasteiger partial charge in [-0.1, -0.05) is 30.3 Å². The van der Waals surface area contributed by atoms with E-state index in [4.69, 9.17) is 14.2 Å². The number of rotatable bonds is 5. The third kappa shape index (κ3) is 4.56. The molecule has 0 atom stereocenters. The van der Waals surface area contributed by atoms with Crippen molar-refractivity contribution in [1.29, 1.82) is 0 Å². The number of ether oxygens (including phenoxy) is 3. The van der Waals surface area contributed by atoms with E-state index in [-0.39, 0.29) is 18.3 Å². The lowest BCUT2D eigenvalue weighted by atomic mass is 9.98. The third-order valence-electron chi connectivity index (χ3n) is 7.39. The van der Waals surface area contributed by atoms with E-state index >= 15 is 0 Å². The highest BCUT2D eigenvalue weighted by Crippen LogP contribution is 2.42. The summed E-state index contributed by atoms with van der Waals surface area (Å²) in [5.74, 6) is 2.44. The number of phenolic OH excluding ortho intramolecular Hbond substituents is 1. The predicted molar refractivity (Wildman–Crippen MR) is 140 cm³/mol. The Morgan fingerprint density at radius 2 is 1.62 bits per heavy atom. The van der Waals surface area contributed by atoms with Crippen LogP contribution in [0.2, 0.25) is 0 Å². The second-order valence-electron chi connectivity index (χ2n) is 9.93. The summed E-state index contributed by atoms with van der Waals surface area (Å²) in [6.07, 6.45) is 1.80. The molecule has 0 amide bonds. The molecule has 1 fully saturated rings. The molecule has 0 saturated carbocycles. The summed E-state index contributed by atoms with van der Waals surface area (Å²) < 4.78 is 17.1. The number of hydrogen-bond donors (Lipinski definition) is 1. The van der Waals surface area contributed by atoms with Gasteiger partial charge in [-0.15, -0.1) is 0 Å². The van der Waals surface area contributed by atoms with Gasteiger partial charge in [0.15, 0.2) is 17.3 Å². The highest BCUT2D eigenvalue weighted by Gasteiger charge is 2.34. The highest BCUT2D eigenvalue weighted by atomic mass is 16.7. The van der Waals surface area contributed by atoms with Gasteiger partial charge in [0.1, 0.15) is 11.5 Å². The van der Waals surface area contributed by atoms with Gasteiger partial charge in [-0.2, -0.15) is 0 Å². The Morgan fingerprint density at radius 1 is 0.892 bits per heavy atom.